The van der Waals surface area contributed by atoms with E-state index in [1.807, 2.05) is 6.07 Å². The fourth-order valence-electron chi connectivity index (χ4n) is 6.01. The molecular formula is C21H29NO5S. The van der Waals surface area contributed by atoms with Gasteiger partial charge in [0.25, 0.3) is 0 Å². The van der Waals surface area contributed by atoms with E-state index in [1.165, 1.54) is 11.8 Å². The zero-order valence-corrected chi connectivity index (χ0v) is 16.9. The van der Waals surface area contributed by atoms with Gasteiger partial charge in [-0.05, 0) is 73.3 Å². The summed E-state index contributed by atoms with van der Waals surface area (Å²) in [5, 5.41) is 40.6. The second-order valence-corrected chi connectivity index (χ2v) is 10.0. The average molecular weight is 408 g/mol. The fourth-order valence-corrected chi connectivity index (χ4v) is 6.95. The number of hydrogen-bond acceptors (Lipinski definition) is 6. The highest BCUT2D eigenvalue weighted by molar-refractivity contribution is 7.99. The molecule has 0 amide bonds. The van der Waals surface area contributed by atoms with E-state index in [9.17, 15) is 20.1 Å². The van der Waals surface area contributed by atoms with Crippen LogP contribution >= 0.6 is 11.8 Å². The summed E-state index contributed by atoms with van der Waals surface area (Å²) in [5.74, 6) is 0.0844. The van der Waals surface area contributed by atoms with Crippen molar-refractivity contribution in [2.45, 2.75) is 68.4 Å². The quantitative estimate of drug-likeness (QED) is 0.384. The van der Waals surface area contributed by atoms with Crippen LogP contribution in [-0.4, -0.2) is 44.3 Å². The third kappa shape index (κ3) is 2.99. The number of rotatable bonds is 4. The van der Waals surface area contributed by atoms with Gasteiger partial charge >= 0.3 is 5.97 Å². The van der Waals surface area contributed by atoms with E-state index in [-0.39, 0.29) is 28.8 Å². The van der Waals surface area contributed by atoms with Crippen LogP contribution in [0.1, 0.15) is 56.1 Å². The van der Waals surface area contributed by atoms with Crippen molar-refractivity contribution in [1.29, 1.82) is 0 Å². The van der Waals surface area contributed by atoms with E-state index in [0.29, 0.717) is 22.6 Å². The molecule has 1 aromatic rings. The number of aliphatic hydroxyl groups is 1. The van der Waals surface area contributed by atoms with Crippen LogP contribution < -0.4 is 5.73 Å². The number of carboxylic acid groups (broad SMARTS) is 1. The maximum absolute atomic E-state index is 11.0. The summed E-state index contributed by atoms with van der Waals surface area (Å²) < 4.78 is 0. The molecule has 28 heavy (non-hydrogen) atoms. The number of carbonyl (C=O) groups is 1. The Morgan fingerprint density at radius 2 is 2.04 bits per heavy atom. The van der Waals surface area contributed by atoms with Gasteiger partial charge in [0, 0.05) is 11.3 Å². The smallest absolute Gasteiger partial charge is 0.321 e. The third-order valence-corrected chi connectivity index (χ3v) is 8.78. The lowest BCUT2D eigenvalue weighted by Gasteiger charge is -2.50. The lowest BCUT2D eigenvalue weighted by atomic mass is 9.55. The van der Waals surface area contributed by atoms with Crippen molar-refractivity contribution in [3.63, 3.8) is 0 Å². The van der Waals surface area contributed by atoms with Crippen LogP contribution in [0.3, 0.4) is 0 Å². The minimum atomic E-state index is -1.08. The number of fused-ring (bicyclic) bond motifs is 5. The number of aliphatic hydroxyl groups excluding tert-OH is 1. The molecule has 0 aliphatic heterocycles. The van der Waals surface area contributed by atoms with Crippen LogP contribution in [0, 0.1) is 17.3 Å². The molecule has 2 saturated carbocycles. The number of phenols is 2. The Hall–Kier alpha value is -1.44. The zero-order chi connectivity index (χ0) is 20.2. The van der Waals surface area contributed by atoms with Gasteiger partial charge in [0.2, 0.25) is 0 Å². The van der Waals surface area contributed by atoms with Crippen LogP contribution in [0.5, 0.6) is 11.5 Å². The molecule has 154 valence electrons. The normalized spacial score (nSPS) is 35.0. The van der Waals surface area contributed by atoms with E-state index in [0.717, 1.165) is 49.7 Å². The molecule has 2 fully saturated rings. The molecule has 0 heterocycles. The summed E-state index contributed by atoms with van der Waals surface area (Å²) in [7, 11) is 0. The molecule has 0 unspecified atom stereocenters. The number of aliphatic carboxylic acids is 1. The van der Waals surface area contributed by atoms with Gasteiger partial charge in [0.05, 0.1) is 11.0 Å². The number of benzene rings is 1. The molecule has 6 N–H and O–H groups in total. The SMILES string of the molecule is C[C@]12CC[C@@H]3c4cc(SC[C@H](N)C(=O)O)c(O)c(O)c4CC[C@H]3[C@@H]1CC[C@@H]2O. The van der Waals surface area contributed by atoms with Crippen molar-refractivity contribution >= 4 is 17.7 Å². The van der Waals surface area contributed by atoms with Crippen molar-refractivity contribution in [1.82, 2.24) is 0 Å². The summed E-state index contributed by atoms with van der Waals surface area (Å²) in [5.41, 5.74) is 7.50. The number of phenolic OH excluding ortho intramolecular Hbond substituents is 2. The van der Waals surface area contributed by atoms with Crippen molar-refractivity contribution in [3.05, 3.63) is 17.2 Å². The van der Waals surface area contributed by atoms with Gasteiger partial charge in [-0.25, -0.2) is 0 Å². The van der Waals surface area contributed by atoms with Gasteiger partial charge in [0.1, 0.15) is 6.04 Å². The number of aromatic hydroxyl groups is 2. The summed E-state index contributed by atoms with van der Waals surface area (Å²) in [6.07, 6.45) is 5.31. The highest BCUT2D eigenvalue weighted by Gasteiger charge is 2.54. The van der Waals surface area contributed by atoms with Crippen LogP contribution in [0.25, 0.3) is 0 Å². The highest BCUT2D eigenvalue weighted by Crippen LogP contribution is 2.62. The Morgan fingerprint density at radius 1 is 1.29 bits per heavy atom. The Morgan fingerprint density at radius 3 is 2.75 bits per heavy atom. The van der Waals surface area contributed by atoms with Gasteiger partial charge in [-0.2, -0.15) is 0 Å². The standard InChI is InChI=1S/C21H29NO5S/c1-21-7-6-10-11(14(21)4-5-17(21)23)2-3-12-13(10)8-16(19(25)18(12)24)28-9-15(22)20(26)27/h8,10-11,14-15,17,23-25H,2-7,9,22H2,1H3,(H,26,27)/t10-,11+,14-,15-,17-,21-/m0/s1. The lowest BCUT2D eigenvalue weighted by molar-refractivity contribution is -0.137. The molecule has 7 heteroatoms. The lowest BCUT2D eigenvalue weighted by Crippen LogP contribution is -2.43. The number of nitrogens with two attached hydrogens (primary N) is 1. The third-order valence-electron chi connectivity index (χ3n) is 7.63. The monoisotopic (exact) mass is 407 g/mol. The Bertz CT molecular complexity index is 799. The van der Waals surface area contributed by atoms with E-state index in [1.54, 1.807) is 0 Å². The van der Waals surface area contributed by atoms with Gasteiger partial charge in [-0.15, -0.1) is 11.8 Å². The predicted octanol–water partition coefficient (Wildman–Crippen LogP) is 2.82. The molecule has 1 aromatic carbocycles. The first-order valence-electron chi connectivity index (χ1n) is 10.1. The Kier molecular flexibility index (Phi) is 5.04. The second kappa shape index (κ2) is 7.11. The Labute approximate surface area is 169 Å². The molecule has 0 saturated heterocycles. The second-order valence-electron chi connectivity index (χ2n) is 8.95. The largest absolute Gasteiger partial charge is 0.504 e. The number of thioether (sulfide) groups is 1. The topological polar surface area (TPSA) is 124 Å². The maximum Gasteiger partial charge on any atom is 0.321 e. The summed E-state index contributed by atoms with van der Waals surface area (Å²) in [6.45, 7) is 2.23. The first-order valence-corrected chi connectivity index (χ1v) is 11.1. The molecule has 0 aromatic heterocycles. The van der Waals surface area contributed by atoms with Gasteiger partial charge < -0.3 is 26.2 Å². The fraction of sp³-hybridized carbons (Fsp3) is 0.667. The molecule has 6 nitrogen and oxygen atoms in total. The molecule has 0 radical (unpaired) electrons. The van der Waals surface area contributed by atoms with E-state index < -0.39 is 12.0 Å². The highest BCUT2D eigenvalue weighted by atomic mass is 32.2. The van der Waals surface area contributed by atoms with Crippen molar-refractivity contribution < 1.29 is 25.2 Å². The minimum absolute atomic E-state index is 0.0104. The summed E-state index contributed by atoms with van der Waals surface area (Å²) in [4.78, 5) is 11.5. The van der Waals surface area contributed by atoms with Crippen molar-refractivity contribution in [3.8, 4) is 11.5 Å². The zero-order valence-electron chi connectivity index (χ0n) is 16.1. The first kappa shape index (κ1) is 19.9. The van der Waals surface area contributed by atoms with E-state index in [2.05, 4.69) is 6.92 Å². The van der Waals surface area contributed by atoms with Gasteiger partial charge in [-0.1, -0.05) is 6.92 Å². The Balaban J connectivity index is 1.65. The van der Waals surface area contributed by atoms with Gasteiger partial charge in [-0.3, -0.25) is 4.79 Å². The molecular weight excluding hydrogens is 378 g/mol. The molecule has 4 rings (SSSR count). The first-order chi connectivity index (χ1) is 13.2. The maximum atomic E-state index is 11.0. The van der Waals surface area contributed by atoms with E-state index in [4.69, 9.17) is 10.8 Å². The number of hydrogen-bond donors (Lipinski definition) is 5. The van der Waals surface area contributed by atoms with Gasteiger partial charge in [0.15, 0.2) is 11.5 Å². The molecule has 3 aliphatic rings. The van der Waals surface area contributed by atoms with Crippen LogP contribution in [0.15, 0.2) is 11.0 Å². The summed E-state index contributed by atoms with van der Waals surface area (Å²) in [6, 6.07) is 0.916. The minimum Gasteiger partial charge on any atom is -0.504 e. The predicted molar refractivity (Wildman–Crippen MR) is 107 cm³/mol. The molecule has 3 aliphatic carbocycles. The number of carboxylic acids is 1. The van der Waals surface area contributed by atoms with Crippen LogP contribution in [0.4, 0.5) is 0 Å². The van der Waals surface area contributed by atoms with Crippen molar-refractivity contribution in [2.75, 3.05) is 5.75 Å². The summed E-state index contributed by atoms with van der Waals surface area (Å²) >= 11 is 1.17. The molecule has 0 spiro atoms. The van der Waals surface area contributed by atoms with Crippen LogP contribution in [0.2, 0.25) is 0 Å². The van der Waals surface area contributed by atoms with Crippen LogP contribution in [-0.2, 0) is 11.2 Å². The molecule has 6 atom stereocenters. The van der Waals surface area contributed by atoms with E-state index >= 15 is 0 Å². The molecule has 0 bridgehead atoms. The average Bonchev–Trinajstić information content (AvgIpc) is 2.97. The van der Waals surface area contributed by atoms with Crippen molar-refractivity contribution in [2.24, 2.45) is 23.0 Å².